The molecule has 2 unspecified atom stereocenters. The van der Waals surface area contributed by atoms with Gasteiger partial charge in [0.05, 0.1) is 10.8 Å². The maximum Gasteiger partial charge on any atom is 0.0529 e. The lowest BCUT2D eigenvalue weighted by molar-refractivity contribution is 0.495. The van der Waals surface area contributed by atoms with Crippen molar-refractivity contribution < 1.29 is 4.21 Å². The molecule has 0 aromatic heterocycles. The summed E-state index contributed by atoms with van der Waals surface area (Å²) in [5.74, 6) is 1.31. The molecule has 0 saturated carbocycles. The SMILES string of the molecule is CCCNC(C)CCCCS(=O)c1ccc(C(C)C)cc1. The number of unbranched alkanes of at least 4 members (excludes halogenated alkanes) is 1. The molecule has 21 heavy (non-hydrogen) atoms. The minimum atomic E-state index is -0.845. The van der Waals surface area contributed by atoms with Crippen LogP contribution in [0.3, 0.4) is 0 Å². The van der Waals surface area contributed by atoms with Crippen molar-refractivity contribution in [1.29, 1.82) is 0 Å². The van der Waals surface area contributed by atoms with E-state index in [9.17, 15) is 4.21 Å². The first-order valence-corrected chi connectivity index (χ1v) is 9.58. The molecule has 0 amide bonds. The van der Waals surface area contributed by atoms with Gasteiger partial charge in [-0.2, -0.15) is 0 Å². The standard InChI is InChI=1S/C18H31NOS/c1-5-13-19-16(4)8-6-7-14-21(20)18-11-9-17(10-12-18)15(2)3/h9-12,15-16,19H,5-8,13-14H2,1-4H3. The van der Waals surface area contributed by atoms with Gasteiger partial charge >= 0.3 is 0 Å². The lowest BCUT2D eigenvalue weighted by atomic mass is 10.0. The molecule has 1 N–H and O–H groups in total. The van der Waals surface area contributed by atoms with Gasteiger partial charge in [-0.25, -0.2) is 0 Å². The summed E-state index contributed by atoms with van der Waals surface area (Å²) >= 11 is 0. The quantitative estimate of drug-likeness (QED) is 0.646. The number of benzene rings is 1. The van der Waals surface area contributed by atoms with E-state index in [0.29, 0.717) is 12.0 Å². The summed E-state index contributed by atoms with van der Waals surface area (Å²) in [6.45, 7) is 9.87. The van der Waals surface area contributed by atoms with Crippen molar-refractivity contribution in [2.45, 2.75) is 70.2 Å². The fourth-order valence-corrected chi connectivity index (χ4v) is 3.44. The van der Waals surface area contributed by atoms with Gasteiger partial charge in [-0.15, -0.1) is 0 Å². The van der Waals surface area contributed by atoms with Crippen LogP contribution in [0, 0.1) is 0 Å². The molecule has 0 aliphatic carbocycles. The molecule has 120 valence electrons. The number of hydrogen-bond acceptors (Lipinski definition) is 2. The highest BCUT2D eigenvalue weighted by Gasteiger charge is 2.06. The monoisotopic (exact) mass is 309 g/mol. The largest absolute Gasteiger partial charge is 0.314 e. The number of hydrogen-bond donors (Lipinski definition) is 1. The highest BCUT2D eigenvalue weighted by atomic mass is 32.2. The normalized spacial score (nSPS) is 14.3. The van der Waals surface area contributed by atoms with Crippen LogP contribution in [-0.4, -0.2) is 22.5 Å². The Hall–Kier alpha value is -0.670. The van der Waals surface area contributed by atoms with Gasteiger partial charge in [0.15, 0.2) is 0 Å². The Balaban J connectivity index is 2.27. The van der Waals surface area contributed by atoms with Crippen LogP contribution in [0.25, 0.3) is 0 Å². The zero-order chi connectivity index (χ0) is 15.7. The Morgan fingerprint density at radius 2 is 1.76 bits per heavy atom. The molecule has 0 radical (unpaired) electrons. The Morgan fingerprint density at radius 1 is 1.10 bits per heavy atom. The predicted octanol–water partition coefficient (Wildman–Crippen LogP) is 4.48. The Morgan fingerprint density at radius 3 is 2.33 bits per heavy atom. The van der Waals surface area contributed by atoms with Crippen LogP contribution >= 0.6 is 0 Å². The molecule has 2 nitrogen and oxygen atoms in total. The summed E-state index contributed by atoms with van der Waals surface area (Å²) in [6.07, 6.45) is 4.54. The second kappa shape index (κ2) is 10.1. The zero-order valence-electron chi connectivity index (χ0n) is 14.0. The molecule has 0 saturated heterocycles. The molecule has 0 aliphatic heterocycles. The minimum Gasteiger partial charge on any atom is -0.314 e. The number of nitrogens with one attached hydrogen (secondary N) is 1. The van der Waals surface area contributed by atoms with E-state index in [1.807, 2.05) is 12.1 Å². The molecular weight excluding hydrogens is 278 g/mol. The van der Waals surface area contributed by atoms with E-state index < -0.39 is 10.8 Å². The van der Waals surface area contributed by atoms with Crippen molar-refractivity contribution in [2.24, 2.45) is 0 Å². The highest BCUT2D eigenvalue weighted by Crippen LogP contribution is 2.17. The second-order valence-electron chi connectivity index (χ2n) is 6.12. The zero-order valence-corrected chi connectivity index (χ0v) is 14.8. The lowest BCUT2D eigenvalue weighted by Gasteiger charge is -2.12. The van der Waals surface area contributed by atoms with Gasteiger partial charge in [-0.3, -0.25) is 4.21 Å². The Kier molecular flexibility index (Phi) is 8.86. The molecule has 1 aromatic carbocycles. The predicted molar refractivity (Wildman–Crippen MR) is 93.4 cm³/mol. The summed E-state index contributed by atoms with van der Waals surface area (Å²) in [4.78, 5) is 0.969. The van der Waals surface area contributed by atoms with E-state index in [4.69, 9.17) is 0 Å². The van der Waals surface area contributed by atoms with Crippen LogP contribution in [0.4, 0.5) is 0 Å². The third kappa shape index (κ3) is 7.23. The number of rotatable bonds is 10. The highest BCUT2D eigenvalue weighted by molar-refractivity contribution is 7.85. The smallest absolute Gasteiger partial charge is 0.0529 e. The summed E-state index contributed by atoms with van der Waals surface area (Å²) in [6, 6.07) is 8.83. The van der Waals surface area contributed by atoms with Crippen LogP contribution < -0.4 is 5.32 Å². The van der Waals surface area contributed by atoms with Gasteiger partial charge < -0.3 is 5.32 Å². The molecule has 3 heteroatoms. The molecule has 1 rings (SSSR count). The van der Waals surface area contributed by atoms with Crippen molar-refractivity contribution in [2.75, 3.05) is 12.3 Å². The fraction of sp³-hybridized carbons (Fsp3) is 0.667. The van der Waals surface area contributed by atoms with E-state index in [1.165, 1.54) is 18.4 Å². The van der Waals surface area contributed by atoms with E-state index in [0.717, 1.165) is 30.0 Å². The summed E-state index contributed by atoms with van der Waals surface area (Å²) in [7, 11) is -0.845. The summed E-state index contributed by atoms with van der Waals surface area (Å²) < 4.78 is 12.2. The van der Waals surface area contributed by atoms with Crippen LogP contribution in [0.5, 0.6) is 0 Å². The minimum absolute atomic E-state index is 0.532. The van der Waals surface area contributed by atoms with Crippen LogP contribution in [0.15, 0.2) is 29.2 Å². The lowest BCUT2D eigenvalue weighted by Crippen LogP contribution is -2.26. The van der Waals surface area contributed by atoms with Crippen molar-refractivity contribution in [1.82, 2.24) is 5.32 Å². The van der Waals surface area contributed by atoms with E-state index >= 15 is 0 Å². The van der Waals surface area contributed by atoms with Crippen LogP contribution in [0.1, 0.15) is 64.9 Å². The van der Waals surface area contributed by atoms with Gasteiger partial charge in [0.2, 0.25) is 0 Å². The molecular formula is C18H31NOS. The third-order valence-corrected chi connectivity index (χ3v) is 5.23. The molecule has 0 spiro atoms. The van der Waals surface area contributed by atoms with Gasteiger partial charge in [-0.1, -0.05) is 39.3 Å². The van der Waals surface area contributed by atoms with Gasteiger partial charge in [0.25, 0.3) is 0 Å². The molecule has 0 heterocycles. The van der Waals surface area contributed by atoms with E-state index in [1.54, 1.807) is 0 Å². The Bertz CT molecular complexity index is 414. The summed E-state index contributed by atoms with van der Waals surface area (Å²) in [5.41, 5.74) is 1.31. The first-order valence-electron chi connectivity index (χ1n) is 8.26. The topological polar surface area (TPSA) is 29.1 Å². The first-order chi connectivity index (χ1) is 10.0. The van der Waals surface area contributed by atoms with Crippen molar-refractivity contribution >= 4 is 10.8 Å². The maximum atomic E-state index is 12.2. The molecule has 0 aliphatic rings. The second-order valence-corrected chi connectivity index (χ2v) is 7.70. The van der Waals surface area contributed by atoms with E-state index in [-0.39, 0.29) is 0 Å². The van der Waals surface area contributed by atoms with Crippen LogP contribution in [0.2, 0.25) is 0 Å². The maximum absolute atomic E-state index is 12.2. The summed E-state index contributed by atoms with van der Waals surface area (Å²) in [5, 5.41) is 3.49. The first kappa shape index (κ1) is 18.4. The van der Waals surface area contributed by atoms with E-state index in [2.05, 4.69) is 45.1 Å². The molecule has 0 fully saturated rings. The molecule has 2 atom stereocenters. The van der Waals surface area contributed by atoms with Crippen molar-refractivity contribution in [3.05, 3.63) is 29.8 Å². The average molecular weight is 310 g/mol. The van der Waals surface area contributed by atoms with Gasteiger partial charge in [-0.05, 0) is 56.3 Å². The fourth-order valence-electron chi connectivity index (χ4n) is 2.30. The molecule has 1 aromatic rings. The van der Waals surface area contributed by atoms with Gasteiger partial charge in [0.1, 0.15) is 0 Å². The van der Waals surface area contributed by atoms with Crippen molar-refractivity contribution in [3.63, 3.8) is 0 Å². The molecule has 0 bridgehead atoms. The van der Waals surface area contributed by atoms with Crippen molar-refractivity contribution in [3.8, 4) is 0 Å². The van der Waals surface area contributed by atoms with Gasteiger partial charge in [0, 0.05) is 16.7 Å². The third-order valence-electron chi connectivity index (χ3n) is 3.77. The van der Waals surface area contributed by atoms with Crippen LogP contribution in [-0.2, 0) is 10.8 Å². The average Bonchev–Trinajstić information content (AvgIpc) is 2.49. The Labute approximate surface area is 133 Å².